The highest BCUT2D eigenvalue weighted by Gasteiger charge is 2.22. The van der Waals surface area contributed by atoms with Gasteiger partial charge in [0, 0.05) is 32.0 Å². The summed E-state index contributed by atoms with van der Waals surface area (Å²) in [4.78, 5) is 20.3. The average molecular weight is 268 g/mol. The van der Waals surface area contributed by atoms with E-state index in [1.807, 2.05) is 37.4 Å². The number of imidazole rings is 1. The summed E-state index contributed by atoms with van der Waals surface area (Å²) in [6, 6.07) is -0.295. The molecule has 108 valence electrons. The van der Waals surface area contributed by atoms with Crippen molar-refractivity contribution in [3.05, 3.63) is 18.2 Å². The fourth-order valence-electron chi connectivity index (χ4n) is 1.95. The molecule has 1 rings (SSSR count). The van der Waals surface area contributed by atoms with Crippen LogP contribution in [0.25, 0.3) is 0 Å². The number of aromatic nitrogens is 2. The number of likely N-dealkylation sites (N-methyl/N-ethyl adjacent to an activating group) is 1. The lowest BCUT2D eigenvalue weighted by Gasteiger charge is -2.27. The Morgan fingerprint density at radius 2 is 2.11 bits per heavy atom. The van der Waals surface area contributed by atoms with Crippen molar-refractivity contribution in [2.24, 2.45) is 0 Å². The minimum Gasteiger partial charge on any atom is -0.395 e. The van der Waals surface area contributed by atoms with Gasteiger partial charge in [0.2, 0.25) is 5.91 Å². The number of carbonyl (C=O) groups is 1. The molecule has 1 N–H and O–H groups in total. The molecule has 0 spiro atoms. The van der Waals surface area contributed by atoms with Gasteiger partial charge in [-0.15, -0.1) is 0 Å². The molecule has 6 nitrogen and oxygen atoms in total. The van der Waals surface area contributed by atoms with E-state index in [2.05, 4.69) is 4.98 Å². The van der Waals surface area contributed by atoms with Crippen molar-refractivity contribution in [3.63, 3.8) is 0 Å². The molecule has 1 heterocycles. The molecule has 1 aromatic heterocycles. The van der Waals surface area contributed by atoms with Crippen molar-refractivity contribution >= 4 is 5.91 Å². The molecule has 1 amide bonds. The molecule has 0 fully saturated rings. The summed E-state index contributed by atoms with van der Waals surface area (Å²) < 4.78 is 1.85. The lowest BCUT2D eigenvalue weighted by atomic mass is 10.2. The maximum Gasteiger partial charge on any atom is 0.245 e. The van der Waals surface area contributed by atoms with Gasteiger partial charge in [0.1, 0.15) is 11.9 Å². The smallest absolute Gasteiger partial charge is 0.245 e. The molecule has 0 aromatic carbocycles. The van der Waals surface area contributed by atoms with Crippen molar-refractivity contribution in [1.82, 2.24) is 19.4 Å². The summed E-state index contributed by atoms with van der Waals surface area (Å²) in [5, 5.41) is 9.09. The van der Waals surface area contributed by atoms with Crippen LogP contribution in [0.4, 0.5) is 0 Å². The Hall–Kier alpha value is -1.40. The highest BCUT2D eigenvalue weighted by molar-refractivity contribution is 5.80. The predicted molar refractivity (Wildman–Crippen MR) is 73.9 cm³/mol. The largest absolute Gasteiger partial charge is 0.395 e. The highest BCUT2D eigenvalue weighted by Crippen LogP contribution is 2.12. The lowest BCUT2D eigenvalue weighted by molar-refractivity contribution is -0.135. The first kappa shape index (κ1) is 15.7. The van der Waals surface area contributed by atoms with Gasteiger partial charge in [-0.3, -0.25) is 4.79 Å². The first-order valence-corrected chi connectivity index (χ1v) is 6.51. The Balaban J connectivity index is 2.72. The van der Waals surface area contributed by atoms with Crippen LogP contribution in [0.15, 0.2) is 12.4 Å². The van der Waals surface area contributed by atoms with Crippen LogP contribution in [0.3, 0.4) is 0 Å². The van der Waals surface area contributed by atoms with E-state index in [1.54, 1.807) is 17.3 Å². The van der Waals surface area contributed by atoms with Crippen LogP contribution in [0.2, 0.25) is 0 Å². The van der Waals surface area contributed by atoms with Gasteiger partial charge in [-0.25, -0.2) is 4.98 Å². The summed E-state index contributed by atoms with van der Waals surface area (Å²) in [5.74, 6) is 0.828. The quantitative estimate of drug-likeness (QED) is 0.764. The first-order valence-electron chi connectivity index (χ1n) is 6.51. The average Bonchev–Trinajstić information content (AvgIpc) is 2.78. The van der Waals surface area contributed by atoms with Crippen LogP contribution < -0.4 is 0 Å². The molecule has 1 atom stereocenters. The number of carbonyl (C=O) groups excluding carboxylic acids is 1. The molecule has 0 aliphatic carbocycles. The molecule has 0 bridgehead atoms. The SMILES string of the molecule is Cc1nccn1C(C)C(=O)N(CCO)CCN(C)C. The second-order valence-corrected chi connectivity index (χ2v) is 4.91. The number of amides is 1. The van der Waals surface area contributed by atoms with Gasteiger partial charge in [-0.1, -0.05) is 0 Å². The van der Waals surface area contributed by atoms with Crippen molar-refractivity contribution in [1.29, 1.82) is 0 Å². The molecule has 19 heavy (non-hydrogen) atoms. The van der Waals surface area contributed by atoms with E-state index in [1.165, 1.54) is 0 Å². The Bertz CT molecular complexity index is 403. The molecule has 6 heteroatoms. The van der Waals surface area contributed by atoms with Gasteiger partial charge in [0.15, 0.2) is 0 Å². The van der Waals surface area contributed by atoms with Crippen LogP contribution in [0.1, 0.15) is 18.8 Å². The van der Waals surface area contributed by atoms with Crippen LogP contribution >= 0.6 is 0 Å². The van der Waals surface area contributed by atoms with Crippen molar-refractivity contribution in [2.75, 3.05) is 40.3 Å². The zero-order valence-corrected chi connectivity index (χ0v) is 12.2. The van der Waals surface area contributed by atoms with Crippen LogP contribution in [0.5, 0.6) is 0 Å². The van der Waals surface area contributed by atoms with Gasteiger partial charge >= 0.3 is 0 Å². The second kappa shape index (κ2) is 7.25. The molecule has 0 saturated carbocycles. The zero-order chi connectivity index (χ0) is 14.4. The first-order chi connectivity index (χ1) is 8.97. The summed E-state index contributed by atoms with van der Waals surface area (Å²) in [7, 11) is 3.93. The Morgan fingerprint density at radius 3 is 2.58 bits per heavy atom. The van der Waals surface area contributed by atoms with E-state index in [0.717, 1.165) is 12.4 Å². The monoisotopic (exact) mass is 268 g/mol. The van der Waals surface area contributed by atoms with Gasteiger partial charge in [0.25, 0.3) is 0 Å². The Kier molecular flexibility index (Phi) is 5.98. The third-order valence-corrected chi connectivity index (χ3v) is 3.14. The maximum atomic E-state index is 12.4. The van der Waals surface area contributed by atoms with Gasteiger partial charge in [-0.05, 0) is 27.9 Å². The summed E-state index contributed by atoms with van der Waals surface area (Å²) in [6.07, 6.45) is 3.50. The van der Waals surface area contributed by atoms with Gasteiger partial charge in [0.05, 0.1) is 6.61 Å². The number of nitrogens with zero attached hydrogens (tertiary/aromatic N) is 4. The normalized spacial score (nSPS) is 12.7. The standard InChI is InChI=1S/C13H24N4O2/c1-11(17-6-5-14-12(17)2)13(19)16(9-10-18)8-7-15(3)4/h5-6,11,18H,7-10H2,1-4H3. The number of rotatable bonds is 7. The predicted octanol–water partition coefficient (Wildman–Crippen LogP) is 0.135. The molecule has 0 aliphatic heterocycles. The minimum atomic E-state index is -0.295. The second-order valence-electron chi connectivity index (χ2n) is 4.91. The minimum absolute atomic E-state index is 0.0111. The number of hydrogen-bond acceptors (Lipinski definition) is 4. The summed E-state index contributed by atoms with van der Waals surface area (Å²) in [5.41, 5.74) is 0. The number of hydrogen-bond donors (Lipinski definition) is 1. The summed E-state index contributed by atoms with van der Waals surface area (Å²) in [6.45, 7) is 5.47. The van der Waals surface area contributed by atoms with Crippen molar-refractivity contribution < 1.29 is 9.90 Å². The number of aliphatic hydroxyl groups excluding tert-OH is 1. The molecular weight excluding hydrogens is 244 g/mol. The Morgan fingerprint density at radius 1 is 1.42 bits per heavy atom. The molecule has 0 radical (unpaired) electrons. The topological polar surface area (TPSA) is 61.6 Å². The fourth-order valence-corrected chi connectivity index (χ4v) is 1.95. The van der Waals surface area contributed by atoms with Crippen LogP contribution in [-0.2, 0) is 4.79 Å². The zero-order valence-electron chi connectivity index (χ0n) is 12.2. The maximum absolute atomic E-state index is 12.4. The number of aryl methyl sites for hydroxylation is 1. The van der Waals surface area contributed by atoms with E-state index in [9.17, 15) is 4.79 Å². The van der Waals surface area contributed by atoms with E-state index >= 15 is 0 Å². The third-order valence-electron chi connectivity index (χ3n) is 3.14. The third kappa shape index (κ3) is 4.33. The molecule has 1 aromatic rings. The van der Waals surface area contributed by atoms with E-state index in [4.69, 9.17) is 5.11 Å². The van der Waals surface area contributed by atoms with Crippen molar-refractivity contribution in [3.8, 4) is 0 Å². The van der Waals surface area contributed by atoms with E-state index < -0.39 is 0 Å². The van der Waals surface area contributed by atoms with E-state index in [0.29, 0.717) is 13.1 Å². The van der Waals surface area contributed by atoms with Crippen LogP contribution in [0, 0.1) is 6.92 Å². The summed E-state index contributed by atoms with van der Waals surface area (Å²) >= 11 is 0. The number of aliphatic hydroxyl groups is 1. The molecule has 1 unspecified atom stereocenters. The molecular formula is C13H24N4O2. The Labute approximate surface area is 114 Å². The van der Waals surface area contributed by atoms with Crippen LogP contribution in [-0.4, -0.2) is 70.7 Å². The fraction of sp³-hybridized carbons (Fsp3) is 0.692. The lowest BCUT2D eigenvalue weighted by Crippen LogP contribution is -2.41. The molecule has 0 saturated heterocycles. The van der Waals surface area contributed by atoms with E-state index in [-0.39, 0.29) is 18.6 Å². The van der Waals surface area contributed by atoms with Gasteiger partial charge < -0.3 is 19.5 Å². The van der Waals surface area contributed by atoms with Gasteiger partial charge in [-0.2, -0.15) is 0 Å². The highest BCUT2D eigenvalue weighted by atomic mass is 16.3. The molecule has 0 aliphatic rings. The van der Waals surface area contributed by atoms with Crippen molar-refractivity contribution in [2.45, 2.75) is 19.9 Å².